The Labute approximate surface area is 216 Å². The summed E-state index contributed by atoms with van der Waals surface area (Å²) in [6.07, 6.45) is 3.01. The fourth-order valence-electron chi connectivity index (χ4n) is 5.16. The number of carbonyl (C=O) groups is 2. The van der Waals surface area contributed by atoms with Crippen LogP contribution in [0.25, 0.3) is 11.0 Å². The molecule has 0 spiro atoms. The minimum atomic E-state index is -0.941. The highest BCUT2D eigenvalue weighted by molar-refractivity contribution is 6.01. The van der Waals surface area contributed by atoms with Crippen LogP contribution in [0.2, 0.25) is 0 Å². The highest BCUT2D eigenvalue weighted by Crippen LogP contribution is 2.38. The number of hydrogen-bond donors (Lipinski definition) is 1. The minimum absolute atomic E-state index is 0.0138. The van der Waals surface area contributed by atoms with Gasteiger partial charge < -0.3 is 15.1 Å². The molecule has 3 aromatic carbocycles. The standard InChI is InChI=1S/C29H32N6O2/c1-33(2)24-16-14-23(15-17-24)30-28(37)29(18-8-9-19-29)34(20-22-10-4-3-5-11-22)27(36)21-35-26-13-7-6-12-25(26)31-32-35/h3-7,10-17H,8-9,18-21H2,1-2H3,(H,30,37). The van der Waals surface area contributed by atoms with Gasteiger partial charge in [-0.3, -0.25) is 9.59 Å². The summed E-state index contributed by atoms with van der Waals surface area (Å²) in [4.78, 5) is 31.7. The third kappa shape index (κ3) is 5.05. The van der Waals surface area contributed by atoms with Crippen LogP contribution >= 0.6 is 0 Å². The van der Waals surface area contributed by atoms with Gasteiger partial charge in [-0.15, -0.1) is 5.10 Å². The zero-order chi connectivity index (χ0) is 25.8. The highest BCUT2D eigenvalue weighted by atomic mass is 16.2. The lowest BCUT2D eigenvalue weighted by Gasteiger charge is -2.40. The third-order valence-electron chi connectivity index (χ3n) is 7.20. The number of aromatic nitrogens is 3. The van der Waals surface area contributed by atoms with Crippen LogP contribution in [0.4, 0.5) is 11.4 Å². The number of amides is 2. The van der Waals surface area contributed by atoms with Crippen molar-refractivity contribution in [3.8, 4) is 0 Å². The first-order chi connectivity index (χ1) is 18.0. The largest absolute Gasteiger partial charge is 0.378 e. The zero-order valence-electron chi connectivity index (χ0n) is 21.3. The van der Waals surface area contributed by atoms with Crippen molar-refractivity contribution < 1.29 is 9.59 Å². The van der Waals surface area contributed by atoms with E-state index in [9.17, 15) is 9.59 Å². The van der Waals surface area contributed by atoms with Crippen molar-refractivity contribution in [1.82, 2.24) is 19.9 Å². The van der Waals surface area contributed by atoms with E-state index in [0.29, 0.717) is 19.4 Å². The number of anilines is 2. The first-order valence-corrected chi connectivity index (χ1v) is 12.7. The summed E-state index contributed by atoms with van der Waals surface area (Å²) in [6.45, 7) is 0.360. The van der Waals surface area contributed by atoms with E-state index in [4.69, 9.17) is 0 Å². The highest BCUT2D eigenvalue weighted by Gasteiger charge is 2.48. The number of nitrogens with zero attached hydrogens (tertiary/aromatic N) is 5. The smallest absolute Gasteiger partial charge is 0.250 e. The molecule has 4 aromatic rings. The van der Waals surface area contributed by atoms with Gasteiger partial charge in [0.2, 0.25) is 11.8 Å². The molecule has 5 rings (SSSR count). The van der Waals surface area contributed by atoms with Crippen molar-refractivity contribution in [3.05, 3.63) is 84.4 Å². The molecule has 1 N–H and O–H groups in total. The first-order valence-electron chi connectivity index (χ1n) is 12.7. The van der Waals surface area contributed by atoms with E-state index in [2.05, 4.69) is 15.6 Å². The Morgan fingerprint density at radius 2 is 1.59 bits per heavy atom. The fourth-order valence-corrected chi connectivity index (χ4v) is 5.16. The van der Waals surface area contributed by atoms with Crippen molar-refractivity contribution in [2.45, 2.75) is 44.3 Å². The van der Waals surface area contributed by atoms with Gasteiger partial charge in [0, 0.05) is 32.0 Å². The van der Waals surface area contributed by atoms with E-state index in [1.165, 1.54) is 0 Å². The molecule has 8 heteroatoms. The van der Waals surface area contributed by atoms with Crippen molar-refractivity contribution >= 4 is 34.2 Å². The molecule has 2 amide bonds. The molecule has 1 aliphatic carbocycles. The van der Waals surface area contributed by atoms with Crippen LogP contribution in [0.1, 0.15) is 31.2 Å². The number of hydrogen-bond acceptors (Lipinski definition) is 5. The van der Waals surface area contributed by atoms with E-state index >= 15 is 0 Å². The van der Waals surface area contributed by atoms with Crippen LogP contribution in [0.15, 0.2) is 78.9 Å². The normalized spacial score (nSPS) is 14.4. The van der Waals surface area contributed by atoms with E-state index in [1.807, 2.05) is 97.9 Å². The predicted molar refractivity (Wildman–Crippen MR) is 145 cm³/mol. The van der Waals surface area contributed by atoms with E-state index in [-0.39, 0.29) is 18.4 Å². The monoisotopic (exact) mass is 496 g/mol. The van der Waals surface area contributed by atoms with Gasteiger partial charge in [0.25, 0.3) is 0 Å². The van der Waals surface area contributed by atoms with Gasteiger partial charge in [-0.25, -0.2) is 4.68 Å². The Bertz CT molecular complexity index is 1370. The Kier molecular flexibility index (Phi) is 6.90. The van der Waals surface area contributed by atoms with E-state index in [0.717, 1.165) is 40.8 Å². The van der Waals surface area contributed by atoms with E-state index in [1.54, 1.807) is 9.58 Å². The predicted octanol–water partition coefficient (Wildman–Crippen LogP) is 4.48. The van der Waals surface area contributed by atoms with Gasteiger partial charge in [0.15, 0.2) is 0 Å². The molecule has 1 fully saturated rings. The second kappa shape index (κ2) is 10.4. The van der Waals surface area contributed by atoms with Crippen LogP contribution in [-0.2, 0) is 22.7 Å². The Morgan fingerprint density at radius 3 is 2.30 bits per heavy atom. The van der Waals surface area contributed by atoms with Gasteiger partial charge in [-0.05, 0) is 54.8 Å². The second-order valence-corrected chi connectivity index (χ2v) is 9.84. The lowest BCUT2D eigenvalue weighted by atomic mass is 9.92. The molecule has 1 saturated carbocycles. The summed E-state index contributed by atoms with van der Waals surface area (Å²) in [7, 11) is 3.96. The van der Waals surface area contributed by atoms with E-state index < -0.39 is 5.54 Å². The average Bonchev–Trinajstić information content (AvgIpc) is 3.57. The molecular weight excluding hydrogens is 464 g/mol. The first kappa shape index (κ1) is 24.5. The topological polar surface area (TPSA) is 83.4 Å². The van der Waals surface area contributed by atoms with Crippen molar-refractivity contribution in [2.24, 2.45) is 0 Å². The number of fused-ring (bicyclic) bond motifs is 1. The SMILES string of the molecule is CN(C)c1ccc(NC(=O)C2(N(Cc3ccccc3)C(=O)Cn3nnc4ccccc43)CCCC2)cc1. The molecule has 37 heavy (non-hydrogen) atoms. The van der Waals surface area contributed by atoms with Gasteiger partial charge in [-0.2, -0.15) is 0 Å². The van der Waals surface area contributed by atoms with Gasteiger partial charge >= 0.3 is 0 Å². The molecule has 1 heterocycles. The Hall–Kier alpha value is -4.20. The van der Waals surface area contributed by atoms with Gasteiger partial charge in [-0.1, -0.05) is 60.5 Å². The van der Waals surface area contributed by atoms with Crippen LogP contribution in [0.5, 0.6) is 0 Å². The molecule has 1 aromatic heterocycles. The summed E-state index contributed by atoms with van der Waals surface area (Å²) in [5, 5.41) is 11.5. The maximum Gasteiger partial charge on any atom is 0.250 e. The molecule has 190 valence electrons. The fraction of sp³-hybridized carbons (Fsp3) is 0.310. The van der Waals surface area contributed by atoms with Crippen LogP contribution < -0.4 is 10.2 Å². The number of para-hydroxylation sites is 1. The summed E-state index contributed by atoms with van der Waals surface area (Å²) in [6, 6.07) is 25.2. The number of benzene rings is 3. The molecule has 0 unspecified atom stereocenters. The number of rotatable bonds is 8. The molecule has 0 aliphatic heterocycles. The van der Waals surface area contributed by atoms with Crippen LogP contribution in [0.3, 0.4) is 0 Å². The third-order valence-corrected chi connectivity index (χ3v) is 7.20. The molecule has 0 atom stereocenters. The van der Waals surface area contributed by atoms with Gasteiger partial charge in [0.05, 0.1) is 5.52 Å². The minimum Gasteiger partial charge on any atom is -0.378 e. The molecule has 8 nitrogen and oxygen atoms in total. The van der Waals surface area contributed by atoms with Crippen LogP contribution in [0, 0.1) is 0 Å². The molecule has 1 aliphatic rings. The Morgan fingerprint density at radius 1 is 0.919 bits per heavy atom. The average molecular weight is 497 g/mol. The zero-order valence-corrected chi connectivity index (χ0v) is 21.3. The lowest BCUT2D eigenvalue weighted by Crippen LogP contribution is -2.57. The molecule has 0 bridgehead atoms. The summed E-state index contributed by atoms with van der Waals surface area (Å²) in [5.74, 6) is -0.296. The van der Waals surface area contributed by atoms with Crippen molar-refractivity contribution in [3.63, 3.8) is 0 Å². The van der Waals surface area contributed by atoms with Gasteiger partial charge in [0.1, 0.15) is 17.6 Å². The maximum atomic E-state index is 14.0. The molecule has 0 saturated heterocycles. The molecular formula is C29H32N6O2. The molecule has 0 radical (unpaired) electrons. The van der Waals surface area contributed by atoms with Crippen LogP contribution in [-0.4, -0.2) is 51.3 Å². The number of carbonyl (C=O) groups excluding carboxylic acids is 2. The number of nitrogens with one attached hydrogen (secondary N) is 1. The summed E-state index contributed by atoms with van der Waals surface area (Å²) < 4.78 is 1.62. The van der Waals surface area contributed by atoms with Crippen molar-refractivity contribution in [1.29, 1.82) is 0 Å². The lowest BCUT2D eigenvalue weighted by molar-refractivity contribution is -0.147. The summed E-state index contributed by atoms with van der Waals surface area (Å²) >= 11 is 0. The van der Waals surface area contributed by atoms with Crippen molar-refractivity contribution in [2.75, 3.05) is 24.3 Å². The quantitative estimate of drug-likeness (QED) is 0.389. The Balaban J connectivity index is 1.46. The maximum absolute atomic E-state index is 14.0. The summed E-state index contributed by atoms with van der Waals surface area (Å²) in [5.41, 5.74) is 3.34. The second-order valence-electron chi connectivity index (χ2n) is 9.84.